The van der Waals surface area contributed by atoms with E-state index in [1.54, 1.807) is 14.0 Å². The first-order valence-corrected chi connectivity index (χ1v) is 11.7. The molecule has 2 atom stereocenters. The average molecular weight is 492 g/mol. The third kappa shape index (κ3) is 5.11. The Balaban J connectivity index is 1.49. The van der Waals surface area contributed by atoms with Crippen LogP contribution in [0.25, 0.3) is 5.57 Å². The van der Waals surface area contributed by atoms with Crippen LogP contribution in [0.4, 0.5) is 0 Å². The normalized spacial score (nSPS) is 21.0. The monoisotopic (exact) mass is 491 g/mol. The number of aromatic nitrogens is 1. The van der Waals surface area contributed by atoms with Crippen LogP contribution < -0.4 is 5.32 Å². The number of amides is 2. The first-order chi connectivity index (χ1) is 15.9. The molecular formula is C24H27Cl2N3O4. The van der Waals surface area contributed by atoms with Crippen molar-refractivity contribution >= 4 is 40.6 Å². The zero-order valence-electron chi connectivity index (χ0n) is 18.6. The summed E-state index contributed by atoms with van der Waals surface area (Å²) in [5, 5.41) is 3.57. The van der Waals surface area contributed by atoms with E-state index in [1.165, 1.54) is 0 Å². The van der Waals surface area contributed by atoms with Gasteiger partial charge in [-0.25, -0.2) is 0 Å². The third-order valence-corrected chi connectivity index (χ3v) is 7.08. The highest BCUT2D eigenvalue weighted by atomic mass is 35.5. The van der Waals surface area contributed by atoms with Crippen LogP contribution in [0.3, 0.4) is 0 Å². The maximum absolute atomic E-state index is 12.9. The van der Waals surface area contributed by atoms with Gasteiger partial charge in [0.15, 0.2) is 0 Å². The Bertz CT molecular complexity index is 1080. The number of morpholine rings is 1. The Kier molecular flexibility index (Phi) is 7.44. The van der Waals surface area contributed by atoms with Gasteiger partial charge in [-0.15, -0.1) is 0 Å². The zero-order valence-corrected chi connectivity index (χ0v) is 20.1. The number of aryl methyl sites for hydroxylation is 1. The van der Waals surface area contributed by atoms with Gasteiger partial charge in [0.1, 0.15) is 5.69 Å². The van der Waals surface area contributed by atoms with E-state index in [-0.39, 0.29) is 34.7 Å². The number of carbonyl (C=O) groups excluding carboxylic acids is 2. The second-order valence-electron chi connectivity index (χ2n) is 8.25. The minimum atomic E-state index is -0.322. The summed E-state index contributed by atoms with van der Waals surface area (Å²) in [6.07, 6.45) is 3.11. The average Bonchev–Trinajstić information content (AvgIpc) is 3.11. The van der Waals surface area contributed by atoms with Gasteiger partial charge in [-0.1, -0.05) is 41.4 Å². The Morgan fingerprint density at radius 2 is 1.97 bits per heavy atom. The molecule has 2 N–H and O–H groups in total. The predicted molar refractivity (Wildman–Crippen MR) is 128 cm³/mol. The Morgan fingerprint density at radius 3 is 2.64 bits per heavy atom. The number of H-pyrrole nitrogens is 1. The maximum Gasteiger partial charge on any atom is 0.269 e. The van der Waals surface area contributed by atoms with Gasteiger partial charge in [-0.05, 0) is 43.0 Å². The lowest BCUT2D eigenvalue weighted by molar-refractivity contribution is 0.0303. The molecule has 4 rings (SSSR count). The molecule has 0 bridgehead atoms. The number of ether oxygens (including phenoxy) is 2. The lowest BCUT2D eigenvalue weighted by atomic mass is 9.88. The number of aromatic amines is 1. The lowest BCUT2D eigenvalue weighted by Crippen LogP contribution is -2.45. The second-order valence-corrected chi connectivity index (χ2v) is 9.01. The van der Waals surface area contributed by atoms with Crippen molar-refractivity contribution in [3.8, 4) is 0 Å². The molecule has 2 aromatic rings. The van der Waals surface area contributed by atoms with Crippen molar-refractivity contribution in [3.05, 3.63) is 62.9 Å². The molecule has 1 aliphatic heterocycles. The SMILES string of the molecule is COC1C=C(c2cccc(C(=O)N3CCOCC3)c2)CCC1NC(=O)c1[nH]c(C)c(Cl)c1Cl. The van der Waals surface area contributed by atoms with Crippen LogP contribution in [0, 0.1) is 6.92 Å². The zero-order chi connectivity index (χ0) is 23.5. The number of methoxy groups -OCH3 is 1. The molecule has 1 aliphatic carbocycles. The summed E-state index contributed by atoms with van der Waals surface area (Å²) in [6, 6.07) is 7.45. The molecule has 176 valence electrons. The van der Waals surface area contributed by atoms with Gasteiger partial charge in [-0.2, -0.15) is 0 Å². The summed E-state index contributed by atoms with van der Waals surface area (Å²) in [5.74, 6) is -0.307. The molecule has 1 fully saturated rings. The van der Waals surface area contributed by atoms with E-state index < -0.39 is 0 Å². The molecule has 1 aromatic heterocycles. The second kappa shape index (κ2) is 10.3. The minimum Gasteiger partial charge on any atom is -0.378 e. The fourth-order valence-corrected chi connectivity index (χ4v) is 4.69. The van der Waals surface area contributed by atoms with Crippen LogP contribution in [0.1, 0.15) is 44.9 Å². The van der Waals surface area contributed by atoms with Crippen LogP contribution >= 0.6 is 23.2 Å². The highest BCUT2D eigenvalue weighted by molar-refractivity contribution is 6.44. The highest BCUT2D eigenvalue weighted by Crippen LogP contribution is 2.31. The van der Waals surface area contributed by atoms with E-state index in [4.69, 9.17) is 32.7 Å². The number of hydrogen-bond donors (Lipinski definition) is 2. The van der Waals surface area contributed by atoms with Gasteiger partial charge in [0, 0.05) is 31.5 Å². The number of rotatable bonds is 5. The summed E-state index contributed by atoms with van der Waals surface area (Å²) in [4.78, 5) is 30.4. The van der Waals surface area contributed by atoms with E-state index in [1.807, 2.05) is 35.2 Å². The van der Waals surface area contributed by atoms with Gasteiger partial charge >= 0.3 is 0 Å². The van der Waals surface area contributed by atoms with Crippen LogP contribution in [-0.4, -0.2) is 67.3 Å². The molecular weight excluding hydrogens is 465 g/mol. The van der Waals surface area contributed by atoms with Gasteiger partial charge in [0.05, 0.1) is 35.4 Å². The maximum atomic E-state index is 12.9. The number of carbonyl (C=O) groups is 2. The minimum absolute atomic E-state index is 0.0155. The Hall–Kier alpha value is -2.32. The molecule has 9 heteroatoms. The summed E-state index contributed by atoms with van der Waals surface area (Å²) in [7, 11) is 1.62. The summed E-state index contributed by atoms with van der Waals surface area (Å²) < 4.78 is 11.0. The van der Waals surface area contributed by atoms with Crippen LogP contribution in [0.5, 0.6) is 0 Å². The van der Waals surface area contributed by atoms with Crippen LogP contribution in [0.15, 0.2) is 30.3 Å². The van der Waals surface area contributed by atoms with E-state index in [0.29, 0.717) is 49.0 Å². The molecule has 33 heavy (non-hydrogen) atoms. The fraction of sp³-hybridized carbons (Fsp3) is 0.417. The molecule has 2 unspecified atom stereocenters. The summed E-state index contributed by atoms with van der Waals surface area (Å²) in [5.41, 5.74) is 3.62. The van der Waals surface area contributed by atoms with E-state index in [9.17, 15) is 9.59 Å². The van der Waals surface area contributed by atoms with Gasteiger partial charge in [0.2, 0.25) is 0 Å². The van der Waals surface area contributed by atoms with Gasteiger partial charge in [-0.3, -0.25) is 9.59 Å². The Labute approximate surface area is 203 Å². The summed E-state index contributed by atoms with van der Waals surface area (Å²) >= 11 is 12.3. The molecule has 2 amide bonds. The molecule has 7 nitrogen and oxygen atoms in total. The van der Waals surface area contributed by atoms with Crippen molar-refractivity contribution in [1.82, 2.24) is 15.2 Å². The number of halogens is 2. The van der Waals surface area contributed by atoms with Gasteiger partial charge < -0.3 is 24.7 Å². The molecule has 2 heterocycles. The number of benzene rings is 1. The van der Waals surface area contributed by atoms with Crippen molar-refractivity contribution < 1.29 is 19.1 Å². The molecule has 0 spiro atoms. The van der Waals surface area contributed by atoms with E-state index >= 15 is 0 Å². The summed E-state index contributed by atoms with van der Waals surface area (Å²) in [6.45, 7) is 4.11. The third-order valence-electron chi connectivity index (χ3n) is 6.13. The number of nitrogens with one attached hydrogen (secondary N) is 2. The highest BCUT2D eigenvalue weighted by Gasteiger charge is 2.29. The predicted octanol–water partition coefficient (Wildman–Crippen LogP) is 4.09. The quantitative estimate of drug-likeness (QED) is 0.659. The van der Waals surface area contributed by atoms with Crippen molar-refractivity contribution in [3.63, 3.8) is 0 Å². The van der Waals surface area contributed by atoms with E-state index in [2.05, 4.69) is 10.3 Å². The lowest BCUT2D eigenvalue weighted by Gasteiger charge is -2.30. The molecule has 2 aliphatic rings. The van der Waals surface area contributed by atoms with Crippen LogP contribution in [0.2, 0.25) is 10.0 Å². The largest absolute Gasteiger partial charge is 0.378 e. The number of allylic oxidation sites excluding steroid dienone is 1. The van der Waals surface area contributed by atoms with E-state index in [0.717, 1.165) is 17.6 Å². The first-order valence-electron chi connectivity index (χ1n) is 10.9. The van der Waals surface area contributed by atoms with Crippen molar-refractivity contribution in [2.24, 2.45) is 0 Å². The fourth-order valence-electron chi connectivity index (χ4n) is 4.27. The Morgan fingerprint density at radius 1 is 1.21 bits per heavy atom. The molecule has 0 saturated carbocycles. The van der Waals surface area contributed by atoms with Crippen molar-refractivity contribution in [1.29, 1.82) is 0 Å². The van der Waals surface area contributed by atoms with Crippen molar-refractivity contribution in [2.75, 3.05) is 33.4 Å². The topological polar surface area (TPSA) is 83.7 Å². The van der Waals surface area contributed by atoms with Gasteiger partial charge in [0.25, 0.3) is 11.8 Å². The smallest absolute Gasteiger partial charge is 0.269 e. The number of nitrogens with zero attached hydrogens (tertiary/aromatic N) is 1. The molecule has 0 radical (unpaired) electrons. The molecule has 1 aromatic carbocycles. The number of hydrogen-bond acceptors (Lipinski definition) is 4. The molecule has 1 saturated heterocycles. The van der Waals surface area contributed by atoms with Crippen LogP contribution in [-0.2, 0) is 9.47 Å². The standard InChI is InChI=1S/C24H27Cl2N3O4/c1-14-20(25)21(26)22(27-14)23(30)28-18-7-6-16(13-19(18)32-2)15-4-3-5-17(12-15)24(31)29-8-10-33-11-9-29/h3-5,12-13,18-19,27H,6-11H2,1-2H3,(H,28,30). The van der Waals surface area contributed by atoms with Crippen molar-refractivity contribution in [2.45, 2.75) is 31.9 Å². The first kappa shape index (κ1) is 23.8.